The van der Waals surface area contributed by atoms with Crippen LogP contribution in [0.3, 0.4) is 0 Å². The van der Waals surface area contributed by atoms with Crippen LogP contribution >= 0.6 is 0 Å². The van der Waals surface area contributed by atoms with Crippen molar-refractivity contribution in [2.75, 3.05) is 14.2 Å². The molecule has 5 heteroatoms. The molecule has 1 N–H and O–H groups in total. The number of hydrogen-bond acceptors (Lipinski definition) is 3. The Morgan fingerprint density at radius 1 is 1.40 bits per heavy atom. The fourth-order valence-corrected chi connectivity index (χ4v) is 3.11. The van der Waals surface area contributed by atoms with E-state index in [9.17, 15) is 4.79 Å². The van der Waals surface area contributed by atoms with Crippen LogP contribution in [0, 0.1) is 0 Å². The van der Waals surface area contributed by atoms with Gasteiger partial charge in [-0.1, -0.05) is 18.5 Å². The molecule has 0 saturated heterocycles. The van der Waals surface area contributed by atoms with E-state index in [0.29, 0.717) is 5.57 Å². The van der Waals surface area contributed by atoms with Gasteiger partial charge in [0.15, 0.2) is 0 Å². The second-order valence-electron chi connectivity index (χ2n) is 3.39. The first-order valence-electron chi connectivity index (χ1n) is 5.04. The van der Waals surface area contributed by atoms with Crippen molar-refractivity contribution in [2.24, 2.45) is 0 Å². The second-order valence-corrected chi connectivity index (χ2v) is 5.32. The normalized spacial score (nSPS) is 13.7. The van der Waals surface area contributed by atoms with Gasteiger partial charge in [0.05, 0.1) is 0 Å². The number of aliphatic carboxylic acids is 1. The molecule has 0 radical (unpaired) electrons. The minimum absolute atomic E-state index is 0.221. The minimum Gasteiger partial charge on any atom is -0.478 e. The van der Waals surface area contributed by atoms with E-state index in [4.69, 9.17) is 14.6 Å². The largest absolute Gasteiger partial charge is 0.478 e. The van der Waals surface area contributed by atoms with Crippen LogP contribution in [0.15, 0.2) is 10.8 Å². The number of carboxylic acid groups (broad SMARTS) is 1. The van der Waals surface area contributed by atoms with E-state index >= 15 is 0 Å². The quantitative estimate of drug-likeness (QED) is 0.402. The Morgan fingerprint density at radius 3 is 2.27 bits per heavy atom. The third-order valence-corrected chi connectivity index (χ3v) is 4.72. The number of carboxylic acids is 1. The van der Waals surface area contributed by atoms with E-state index in [-0.39, 0.29) is 5.91 Å². The van der Waals surface area contributed by atoms with Crippen LogP contribution in [-0.2, 0) is 14.3 Å². The second kappa shape index (κ2) is 7.61. The van der Waals surface area contributed by atoms with Crippen LogP contribution in [0.5, 0.6) is 0 Å². The molecule has 0 spiro atoms. The van der Waals surface area contributed by atoms with Crippen LogP contribution in [0.25, 0.3) is 0 Å². The van der Waals surface area contributed by atoms with Crippen molar-refractivity contribution in [1.29, 1.82) is 0 Å². The molecule has 0 fully saturated rings. The zero-order chi connectivity index (χ0) is 11.8. The lowest BCUT2D eigenvalue weighted by molar-refractivity contribution is -0.132. The molecule has 0 bridgehead atoms. The van der Waals surface area contributed by atoms with E-state index in [1.807, 2.05) is 6.92 Å². The van der Waals surface area contributed by atoms with E-state index in [1.54, 1.807) is 21.1 Å². The Morgan fingerprint density at radius 2 is 1.93 bits per heavy atom. The number of hydrogen-bond donors (Lipinski definition) is 1. The third kappa shape index (κ3) is 5.11. The topological polar surface area (TPSA) is 55.8 Å². The van der Waals surface area contributed by atoms with Gasteiger partial charge in [-0.15, -0.1) is 0 Å². The molecule has 0 saturated carbocycles. The highest BCUT2D eigenvalue weighted by Gasteiger charge is 2.14. The molecule has 0 aliphatic heterocycles. The lowest BCUT2D eigenvalue weighted by Gasteiger charge is -2.16. The number of rotatable bonds is 7. The molecular formula is C10H20O4Si. The van der Waals surface area contributed by atoms with Crippen LogP contribution < -0.4 is 0 Å². The van der Waals surface area contributed by atoms with E-state index in [2.05, 4.69) is 0 Å². The molecule has 0 unspecified atom stereocenters. The van der Waals surface area contributed by atoms with Gasteiger partial charge in [-0.25, -0.2) is 4.79 Å². The van der Waals surface area contributed by atoms with Crippen LogP contribution in [-0.4, -0.2) is 40.7 Å². The summed E-state index contributed by atoms with van der Waals surface area (Å²) in [4.78, 5) is 10.9. The van der Waals surface area contributed by atoms with Gasteiger partial charge in [-0.2, -0.15) is 0 Å². The summed E-state index contributed by atoms with van der Waals surface area (Å²) in [5.41, 5.74) is 0.461. The van der Waals surface area contributed by atoms with E-state index < -0.39 is 15.5 Å². The minimum atomic E-state index is -0.836. The first-order valence-corrected chi connectivity index (χ1v) is 6.56. The summed E-state index contributed by atoms with van der Waals surface area (Å²) in [7, 11) is 2.36. The summed E-state index contributed by atoms with van der Waals surface area (Å²) in [6, 6.07) is 0. The van der Waals surface area contributed by atoms with Gasteiger partial charge in [-0.3, -0.25) is 0 Å². The van der Waals surface area contributed by atoms with Gasteiger partial charge in [-0.05, 0) is 13.3 Å². The maximum absolute atomic E-state index is 10.9. The van der Waals surface area contributed by atoms with Crippen molar-refractivity contribution < 1.29 is 19.4 Å². The molecule has 4 nitrogen and oxygen atoms in total. The van der Waals surface area contributed by atoms with E-state index in [1.165, 1.54) is 0 Å². The van der Waals surface area contributed by atoms with Gasteiger partial charge in [0.2, 0.25) is 0 Å². The van der Waals surface area contributed by atoms with Gasteiger partial charge >= 0.3 is 5.97 Å². The monoisotopic (exact) mass is 232 g/mol. The van der Waals surface area contributed by atoms with Crippen molar-refractivity contribution in [2.45, 2.75) is 32.6 Å². The summed E-state index contributed by atoms with van der Waals surface area (Å²) < 4.78 is 10.2. The zero-order valence-electron chi connectivity index (χ0n) is 9.87. The molecule has 0 atom stereocenters. The van der Waals surface area contributed by atoms with Crippen LogP contribution in [0.2, 0.25) is 0 Å². The number of carbonyl (C=O) groups is 1. The molecule has 0 aliphatic carbocycles. The van der Waals surface area contributed by atoms with Crippen LogP contribution in [0.1, 0.15) is 26.7 Å². The lowest BCUT2D eigenvalue weighted by Crippen LogP contribution is -2.24. The Kier molecular flexibility index (Phi) is 7.28. The highest BCUT2D eigenvalue weighted by molar-refractivity contribution is 6.47. The average molecular weight is 232 g/mol. The van der Waals surface area contributed by atoms with Crippen molar-refractivity contribution in [3.8, 4) is 0 Å². The highest BCUT2D eigenvalue weighted by atomic mass is 28.2. The predicted molar refractivity (Wildman–Crippen MR) is 61.6 cm³/mol. The Bertz CT molecular complexity index is 234. The summed E-state index contributed by atoms with van der Waals surface area (Å²) in [6.07, 6.45) is 1.78. The molecule has 0 heterocycles. The van der Waals surface area contributed by atoms with E-state index in [0.717, 1.165) is 18.0 Å². The molecule has 0 aromatic rings. The SMILES string of the molecule is CCC/C([SiH2]C(OC)OC)=C(/C)C(=O)O. The Hall–Kier alpha value is -0.653. The molecule has 0 aromatic heterocycles. The van der Waals surface area contributed by atoms with Gasteiger partial charge in [0.25, 0.3) is 0 Å². The van der Waals surface area contributed by atoms with Gasteiger partial charge in [0.1, 0.15) is 15.4 Å². The third-order valence-electron chi connectivity index (χ3n) is 2.34. The first kappa shape index (κ1) is 14.3. The van der Waals surface area contributed by atoms with Crippen molar-refractivity contribution in [3.05, 3.63) is 10.8 Å². The fraction of sp³-hybridized carbons (Fsp3) is 0.700. The van der Waals surface area contributed by atoms with Crippen molar-refractivity contribution in [1.82, 2.24) is 0 Å². The predicted octanol–water partition coefficient (Wildman–Crippen LogP) is 0.890. The molecular weight excluding hydrogens is 212 g/mol. The van der Waals surface area contributed by atoms with Crippen molar-refractivity contribution >= 4 is 15.5 Å². The van der Waals surface area contributed by atoms with Crippen LogP contribution in [0.4, 0.5) is 0 Å². The summed E-state index contributed by atoms with van der Waals surface area (Å²) in [6.45, 7) is 3.70. The Balaban J connectivity index is 4.66. The van der Waals surface area contributed by atoms with Gasteiger partial charge < -0.3 is 14.6 Å². The molecule has 15 heavy (non-hydrogen) atoms. The molecule has 0 aliphatic rings. The molecule has 0 rings (SSSR count). The maximum atomic E-state index is 10.9. The maximum Gasteiger partial charge on any atom is 0.330 e. The average Bonchev–Trinajstić information content (AvgIpc) is 2.23. The number of ether oxygens (including phenoxy) is 2. The molecule has 0 amide bonds. The fourth-order valence-electron chi connectivity index (χ4n) is 1.36. The smallest absolute Gasteiger partial charge is 0.330 e. The first-order chi connectivity index (χ1) is 7.06. The van der Waals surface area contributed by atoms with Crippen molar-refractivity contribution in [3.63, 3.8) is 0 Å². The summed E-state index contributed by atoms with van der Waals surface area (Å²) in [5.74, 6) is -1.06. The zero-order valence-corrected chi connectivity index (χ0v) is 11.3. The number of methoxy groups -OCH3 is 2. The van der Waals surface area contributed by atoms with Gasteiger partial charge in [0, 0.05) is 19.8 Å². The highest BCUT2D eigenvalue weighted by Crippen LogP contribution is 2.12. The Labute approximate surface area is 93.1 Å². The lowest BCUT2D eigenvalue weighted by atomic mass is 10.2. The standard InChI is InChI=1S/C10H20O4Si/c1-5-6-8(7(2)9(11)12)15-10(13-3)14-4/h10H,5-6,15H2,1-4H3,(H,11,12)/b8-7+. The summed E-state index contributed by atoms with van der Waals surface area (Å²) in [5, 5.41) is 9.95. The molecule has 0 aromatic carbocycles. The number of allylic oxidation sites excluding steroid dienone is 1. The summed E-state index contributed by atoms with van der Waals surface area (Å²) >= 11 is 0. The molecule has 88 valence electrons.